The molecule has 0 saturated carbocycles. The summed E-state index contributed by atoms with van der Waals surface area (Å²) in [7, 11) is 0. The lowest BCUT2D eigenvalue weighted by molar-refractivity contribution is 0.708. The molecule has 0 unspecified atom stereocenters. The van der Waals surface area contributed by atoms with Gasteiger partial charge in [-0.15, -0.1) is 0 Å². The van der Waals surface area contributed by atoms with Gasteiger partial charge in [-0.05, 0) is 38.5 Å². The number of anilines is 1. The van der Waals surface area contributed by atoms with Gasteiger partial charge >= 0.3 is 0 Å². The molecule has 0 saturated heterocycles. The van der Waals surface area contributed by atoms with Crippen LogP contribution in [0.2, 0.25) is 0 Å². The predicted octanol–water partition coefficient (Wildman–Crippen LogP) is 2.25. The molecule has 2 N–H and O–H groups in total. The normalized spacial score (nSPS) is 11.1. The van der Waals surface area contributed by atoms with Crippen LogP contribution in [0.4, 0.5) is 5.69 Å². The van der Waals surface area contributed by atoms with Gasteiger partial charge in [0, 0.05) is 54.7 Å². The molecule has 0 aliphatic rings. The number of fused-ring (bicyclic) bond motifs is 1. The summed E-state index contributed by atoms with van der Waals surface area (Å²) in [4.78, 5) is 8.69. The first-order chi connectivity index (χ1) is 11.1. The summed E-state index contributed by atoms with van der Waals surface area (Å²) in [6.45, 7) is 8.60. The van der Waals surface area contributed by atoms with Crippen LogP contribution in [0.15, 0.2) is 30.7 Å². The molecule has 0 bridgehead atoms. The molecule has 3 rings (SSSR count). The number of rotatable bonds is 6. The zero-order valence-corrected chi connectivity index (χ0v) is 13.8. The van der Waals surface area contributed by atoms with Crippen LogP contribution in [0.3, 0.4) is 0 Å². The molecule has 120 valence electrons. The van der Waals surface area contributed by atoms with Crippen molar-refractivity contribution in [3.63, 3.8) is 0 Å². The van der Waals surface area contributed by atoms with Crippen LogP contribution >= 0.6 is 0 Å². The van der Waals surface area contributed by atoms with Crippen LogP contribution in [0, 0.1) is 20.8 Å². The Morgan fingerprint density at radius 1 is 1.13 bits per heavy atom. The zero-order valence-electron chi connectivity index (χ0n) is 13.8. The molecule has 6 heteroatoms. The SMILES string of the molecule is Cc1cc(C)n2ncc(CNCCNc3ccncc3C)c2n1. The Bertz CT molecular complexity index is 808. The number of pyridine rings is 1. The third-order valence-electron chi connectivity index (χ3n) is 3.80. The molecule has 0 radical (unpaired) electrons. The number of aryl methyl sites for hydroxylation is 3. The second kappa shape index (κ2) is 6.75. The van der Waals surface area contributed by atoms with Crippen molar-refractivity contribution < 1.29 is 0 Å². The first kappa shape index (κ1) is 15.4. The predicted molar refractivity (Wildman–Crippen MR) is 91.6 cm³/mol. The monoisotopic (exact) mass is 310 g/mol. The maximum atomic E-state index is 4.59. The smallest absolute Gasteiger partial charge is 0.159 e. The number of nitrogens with zero attached hydrogens (tertiary/aromatic N) is 4. The third-order valence-corrected chi connectivity index (χ3v) is 3.80. The van der Waals surface area contributed by atoms with Crippen molar-refractivity contribution in [2.45, 2.75) is 27.3 Å². The van der Waals surface area contributed by atoms with Gasteiger partial charge in [0.25, 0.3) is 0 Å². The Morgan fingerprint density at radius 2 is 2.00 bits per heavy atom. The lowest BCUT2D eigenvalue weighted by Crippen LogP contribution is -2.22. The molecule has 0 amide bonds. The Balaban J connectivity index is 1.54. The van der Waals surface area contributed by atoms with E-state index in [9.17, 15) is 0 Å². The average Bonchev–Trinajstić information content (AvgIpc) is 2.92. The van der Waals surface area contributed by atoms with E-state index >= 15 is 0 Å². The number of hydrogen-bond donors (Lipinski definition) is 2. The van der Waals surface area contributed by atoms with Gasteiger partial charge < -0.3 is 10.6 Å². The van der Waals surface area contributed by atoms with E-state index in [4.69, 9.17) is 0 Å². The van der Waals surface area contributed by atoms with Crippen molar-refractivity contribution in [3.8, 4) is 0 Å². The highest BCUT2D eigenvalue weighted by molar-refractivity contribution is 5.49. The number of hydrogen-bond acceptors (Lipinski definition) is 5. The minimum atomic E-state index is 0.760. The van der Waals surface area contributed by atoms with Gasteiger partial charge in [0.15, 0.2) is 5.65 Å². The highest BCUT2D eigenvalue weighted by atomic mass is 15.3. The first-order valence-electron chi connectivity index (χ1n) is 7.81. The summed E-state index contributed by atoms with van der Waals surface area (Å²) < 4.78 is 1.89. The van der Waals surface area contributed by atoms with Gasteiger partial charge in [-0.3, -0.25) is 4.98 Å². The van der Waals surface area contributed by atoms with Crippen LogP contribution in [0.25, 0.3) is 5.65 Å². The minimum Gasteiger partial charge on any atom is -0.383 e. The topological polar surface area (TPSA) is 67.1 Å². The van der Waals surface area contributed by atoms with Crippen molar-refractivity contribution in [1.82, 2.24) is 24.9 Å². The Morgan fingerprint density at radius 3 is 2.83 bits per heavy atom. The van der Waals surface area contributed by atoms with Crippen LogP contribution in [0.5, 0.6) is 0 Å². The standard InChI is InChI=1S/C17H22N6/c1-12-9-18-5-4-16(12)20-7-6-19-10-15-11-21-23-14(3)8-13(2)22-17(15)23/h4-5,8-9,11,19H,6-7,10H2,1-3H3,(H,18,20). The summed E-state index contributed by atoms with van der Waals surface area (Å²) >= 11 is 0. The van der Waals surface area contributed by atoms with Crippen molar-refractivity contribution in [3.05, 3.63) is 53.2 Å². The maximum absolute atomic E-state index is 4.59. The van der Waals surface area contributed by atoms with Gasteiger partial charge in [0.2, 0.25) is 0 Å². The molecular formula is C17H22N6. The maximum Gasteiger partial charge on any atom is 0.159 e. The van der Waals surface area contributed by atoms with Gasteiger partial charge in [0.1, 0.15) is 0 Å². The molecule has 23 heavy (non-hydrogen) atoms. The number of aromatic nitrogens is 4. The van der Waals surface area contributed by atoms with Crippen molar-refractivity contribution in [1.29, 1.82) is 0 Å². The van der Waals surface area contributed by atoms with Crippen molar-refractivity contribution in [2.24, 2.45) is 0 Å². The Kier molecular flexibility index (Phi) is 4.52. The first-order valence-corrected chi connectivity index (χ1v) is 7.81. The lowest BCUT2D eigenvalue weighted by Gasteiger charge is -2.09. The molecule has 0 spiro atoms. The molecular weight excluding hydrogens is 288 g/mol. The highest BCUT2D eigenvalue weighted by Crippen LogP contribution is 2.12. The molecule has 0 aromatic carbocycles. The molecule has 0 aliphatic heterocycles. The Hall–Kier alpha value is -2.47. The van der Waals surface area contributed by atoms with Crippen LogP contribution in [0.1, 0.15) is 22.5 Å². The summed E-state index contributed by atoms with van der Waals surface area (Å²) in [5.41, 5.74) is 6.47. The summed E-state index contributed by atoms with van der Waals surface area (Å²) in [6, 6.07) is 4.04. The van der Waals surface area contributed by atoms with Gasteiger partial charge in [0.05, 0.1) is 6.20 Å². The van der Waals surface area contributed by atoms with E-state index in [1.165, 1.54) is 0 Å². The molecule has 3 aromatic heterocycles. The van der Waals surface area contributed by atoms with E-state index in [1.54, 1.807) is 6.20 Å². The van der Waals surface area contributed by atoms with E-state index in [0.717, 1.165) is 53.5 Å². The van der Waals surface area contributed by atoms with E-state index < -0.39 is 0 Å². The second-order valence-electron chi connectivity index (χ2n) is 5.74. The van der Waals surface area contributed by atoms with Crippen LogP contribution in [-0.4, -0.2) is 32.7 Å². The fourth-order valence-electron chi connectivity index (χ4n) is 2.62. The van der Waals surface area contributed by atoms with Crippen LogP contribution in [-0.2, 0) is 6.54 Å². The lowest BCUT2D eigenvalue weighted by atomic mass is 10.2. The fourth-order valence-corrected chi connectivity index (χ4v) is 2.62. The Labute approximate surface area is 136 Å². The summed E-state index contributed by atoms with van der Waals surface area (Å²) in [6.07, 6.45) is 5.56. The fraction of sp³-hybridized carbons (Fsp3) is 0.353. The van der Waals surface area contributed by atoms with Crippen molar-refractivity contribution >= 4 is 11.3 Å². The molecule has 3 aromatic rings. The second-order valence-corrected chi connectivity index (χ2v) is 5.74. The molecule has 3 heterocycles. The summed E-state index contributed by atoms with van der Waals surface area (Å²) in [5.74, 6) is 0. The van der Waals surface area contributed by atoms with Crippen molar-refractivity contribution in [2.75, 3.05) is 18.4 Å². The average molecular weight is 310 g/mol. The van der Waals surface area contributed by atoms with Gasteiger partial charge in [-0.2, -0.15) is 5.10 Å². The zero-order chi connectivity index (χ0) is 16.2. The molecule has 0 fully saturated rings. The highest BCUT2D eigenvalue weighted by Gasteiger charge is 2.07. The molecule has 0 atom stereocenters. The molecule has 6 nitrogen and oxygen atoms in total. The van der Waals surface area contributed by atoms with E-state index in [2.05, 4.69) is 32.6 Å². The van der Waals surface area contributed by atoms with Gasteiger partial charge in [-0.1, -0.05) is 0 Å². The third kappa shape index (κ3) is 3.48. The largest absolute Gasteiger partial charge is 0.383 e. The summed E-state index contributed by atoms with van der Waals surface area (Å²) in [5, 5.41) is 11.3. The van der Waals surface area contributed by atoms with E-state index in [1.807, 2.05) is 42.9 Å². The quantitative estimate of drug-likeness (QED) is 0.684. The minimum absolute atomic E-state index is 0.760. The van der Waals surface area contributed by atoms with Gasteiger partial charge in [-0.25, -0.2) is 9.50 Å². The van der Waals surface area contributed by atoms with Crippen LogP contribution < -0.4 is 10.6 Å². The van der Waals surface area contributed by atoms with E-state index in [0.29, 0.717) is 0 Å². The number of nitrogens with one attached hydrogen (secondary N) is 2. The van der Waals surface area contributed by atoms with E-state index in [-0.39, 0.29) is 0 Å². The molecule has 0 aliphatic carbocycles.